The maximum Gasteiger partial charge on any atom is 0.337 e. The molecule has 0 bridgehead atoms. The lowest BCUT2D eigenvalue weighted by molar-refractivity contribution is 0.0600. The summed E-state index contributed by atoms with van der Waals surface area (Å²) in [5.74, 6) is 0.231. The molecule has 2 aromatic heterocycles. The highest BCUT2D eigenvalue weighted by Gasteiger charge is 2.16. The average molecular weight is 371 g/mol. The van der Waals surface area contributed by atoms with Crippen LogP contribution in [-0.2, 0) is 4.74 Å². The quantitative estimate of drug-likeness (QED) is 0.649. The summed E-state index contributed by atoms with van der Waals surface area (Å²) in [5.41, 5.74) is 1.69. The van der Waals surface area contributed by atoms with Gasteiger partial charge in [-0.3, -0.25) is 4.79 Å². The van der Waals surface area contributed by atoms with Crippen LogP contribution in [0.15, 0.2) is 57.6 Å². The van der Waals surface area contributed by atoms with E-state index >= 15 is 0 Å². The summed E-state index contributed by atoms with van der Waals surface area (Å²) in [4.78, 5) is 23.5. The molecule has 0 saturated carbocycles. The van der Waals surface area contributed by atoms with Gasteiger partial charge in [0.1, 0.15) is 17.6 Å². The van der Waals surface area contributed by atoms with E-state index in [0.717, 1.165) is 5.56 Å². The van der Waals surface area contributed by atoms with Crippen molar-refractivity contribution in [3.05, 3.63) is 70.1 Å². The first-order valence-electron chi connectivity index (χ1n) is 7.85. The minimum atomic E-state index is -0.958. The molecule has 3 aromatic rings. The number of methoxy groups -OCH3 is 1. The summed E-state index contributed by atoms with van der Waals surface area (Å²) in [6, 6.07) is 11.5. The number of rotatable bonds is 6. The molecule has 0 saturated heterocycles. The van der Waals surface area contributed by atoms with Crippen LogP contribution in [0.3, 0.4) is 0 Å². The molecule has 0 unspecified atom stereocenters. The van der Waals surface area contributed by atoms with Gasteiger partial charge in [-0.05, 0) is 47.8 Å². The zero-order chi connectivity index (χ0) is 18.5. The van der Waals surface area contributed by atoms with Gasteiger partial charge in [0.05, 0.1) is 19.2 Å². The normalized spacial score (nSPS) is 11.8. The van der Waals surface area contributed by atoms with Crippen molar-refractivity contribution < 1.29 is 23.8 Å². The van der Waals surface area contributed by atoms with Gasteiger partial charge in [-0.25, -0.2) is 4.79 Å². The summed E-state index contributed by atoms with van der Waals surface area (Å²) < 4.78 is 10.2. The fourth-order valence-electron chi connectivity index (χ4n) is 2.36. The third-order valence-electron chi connectivity index (χ3n) is 3.79. The van der Waals surface area contributed by atoms with E-state index in [1.807, 2.05) is 16.8 Å². The van der Waals surface area contributed by atoms with Crippen molar-refractivity contribution in [2.45, 2.75) is 6.10 Å². The molecular formula is C19H17NO5S. The number of benzene rings is 1. The van der Waals surface area contributed by atoms with Crippen LogP contribution >= 0.6 is 11.3 Å². The molecule has 0 aliphatic carbocycles. The third kappa shape index (κ3) is 4.01. The minimum Gasteiger partial charge on any atom is -0.465 e. The molecule has 6 nitrogen and oxygen atoms in total. The zero-order valence-electron chi connectivity index (χ0n) is 14.0. The number of furan rings is 1. The minimum absolute atomic E-state index is 0.00811. The first-order valence-corrected chi connectivity index (χ1v) is 8.79. The standard InChI is InChI=1S/C19H17NO5S/c1-24-19(23)13-4-2-12(3-5-13)18(22)20-10-15(21)17-7-6-16(25-17)14-8-9-26-11-14/h2-9,11,15,21H,10H2,1H3,(H,20,22)/t15-/m1/s1. The molecule has 1 amide bonds. The van der Waals surface area contributed by atoms with Crippen molar-refractivity contribution in [1.82, 2.24) is 5.32 Å². The van der Waals surface area contributed by atoms with E-state index in [-0.39, 0.29) is 12.5 Å². The second kappa shape index (κ2) is 7.99. The molecule has 134 valence electrons. The van der Waals surface area contributed by atoms with E-state index < -0.39 is 12.1 Å². The van der Waals surface area contributed by atoms with E-state index in [1.165, 1.54) is 31.4 Å². The predicted octanol–water partition coefficient (Wildman–Crippen LogP) is 3.26. The van der Waals surface area contributed by atoms with Crippen LogP contribution in [0, 0.1) is 0 Å². The van der Waals surface area contributed by atoms with Crippen LogP contribution in [0.1, 0.15) is 32.6 Å². The van der Waals surface area contributed by atoms with Gasteiger partial charge in [0, 0.05) is 16.5 Å². The van der Waals surface area contributed by atoms with Gasteiger partial charge in [-0.2, -0.15) is 11.3 Å². The van der Waals surface area contributed by atoms with Gasteiger partial charge in [0.15, 0.2) is 0 Å². The number of thiophene rings is 1. The maximum absolute atomic E-state index is 12.2. The Morgan fingerprint density at radius 3 is 2.54 bits per heavy atom. The number of carbonyl (C=O) groups is 2. The first kappa shape index (κ1) is 17.9. The molecule has 7 heteroatoms. The van der Waals surface area contributed by atoms with Crippen molar-refractivity contribution in [2.24, 2.45) is 0 Å². The van der Waals surface area contributed by atoms with Crippen molar-refractivity contribution in [3.63, 3.8) is 0 Å². The van der Waals surface area contributed by atoms with E-state index in [4.69, 9.17) is 4.42 Å². The van der Waals surface area contributed by atoms with Crippen molar-refractivity contribution in [1.29, 1.82) is 0 Å². The van der Waals surface area contributed by atoms with Crippen LogP contribution in [-0.4, -0.2) is 30.6 Å². The van der Waals surface area contributed by atoms with E-state index in [2.05, 4.69) is 10.1 Å². The zero-order valence-corrected chi connectivity index (χ0v) is 14.8. The number of esters is 1. The van der Waals surface area contributed by atoms with Crippen molar-refractivity contribution in [3.8, 4) is 11.3 Å². The highest BCUT2D eigenvalue weighted by Crippen LogP contribution is 2.26. The largest absolute Gasteiger partial charge is 0.465 e. The summed E-state index contributed by atoms with van der Waals surface area (Å²) in [6.45, 7) is 0.00811. The molecule has 0 aliphatic heterocycles. The number of aliphatic hydroxyl groups is 1. The molecule has 2 N–H and O–H groups in total. The first-order chi connectivity index (χ1) is 12.6. The molecule has 26 heavy (non-hydrogen) atoms. The van der Waals surface area contributed by atoms with Crippen LogP contribution < -0.4 is 5.32 Å². The van der Waals surface area contributed by atoms with E-state index in [9.17, 15) is 14.7 Å². The highest BCUT2D eigenvalue weighted by molar-refractivity contribution is 7.08. The summed E-state index contributed by atoms with van der Waals surface area (Å²) in [6.07, 6.45) is -0.958. The van der Waals surface area contributed by atoms with Gasteiger partial charge >= 0.3 is 5.97 Å². The Bertz CT molecular complexity index is 883. The topological polar surface area (TPSA) is 88.8 Å². The Balaban J connectivity index is 1.58. The summed E-state index contributed by atoms with van der Waals surface area (Å²) >= 11 is 1.56. The number of hydrogen-bond donors (Lipinski definition) is 2. The molecule has 1 atom stereocenters. The Morgan fingerprint density at radius 2 is 1.88 bits per heavy atom. The highest BCUT2D eigenvalue weighted by atomic mass is 32.1. The third-order valence-corrected chi connectivity index (χ3v) is 4.47. The Kier molecular flexibility index (Phi) is 5.50. The van der Waals surface area contributed by atoms with Crippen LogP contribution in [0.5, 0.6) is 0 Å². The smallest absolute Gasteiger partial charge is 0.337 e. The molecule has 3 rings (SSSR count). The van der Waals surface area contributed by atoms with Gasteiger partial charge in [-0.1, -0.05) is 0 Å². The Hall–Kier alpha value is -2.90. The van der Waals surface area contributed by atoms with Crippen LogP contribution in [0.25, 0.3) is 11.3 Å². The van der Waals surface area contributed by atoms with Crippen LogP contribution in [0.4, 0.5) is 0 Å². The second-order valence-electron chi connectivity index (χ2n) is 5.51. The molecule has 0 spiro atoms. The number of amides is 1. The second-order valence-corrected chi connectivity index (χ2v) is 6.29. The van der Waals surface area contributed by atoms with Crippen molar-refractivity contribution in [2.75, 3.05) is 13.7 Å². The number of carbonyl (C=O) groups excluding carboxylic acids is 2. The monoisotopic (exact) mass is 371 g/mol. The fraction of sp³-hybridized carbons (Fsp3) is 0.158. The number of hydrogen-bond acceptors (Lipinski definition) is 6. The molecule has 2 heterocycles. The maximum atomic E-state index is 12.2. The lowest BCUT2D eigenvalue weighted by Crippen LogP contribution is -2.28. The van der Waals surface area contributed by atoms with E-state index in [1.54, 1.807) is 23.5 Å². The lowest BCUT2D eigenvalue weighted by atomic mass is 10.1. The number of ether oxygens (including phenoxy) is 1. The van der Waals surface area contributed by atoms with Gasteiger partial charge in [0.2, 0.25) is 0 Å². The SMILES string of the molecule is COC(=O)c1ccc(C(=O)NC[C@@H](O)c2ccc(-c3ccsc3)o2)cc1. The lowest BCUT2D eigenvalue weighted by Gasteiger charge is -2.10. The summed E-state index contributed by atoms with van der Waals surface area (Å²) in [7, 11) is 1.29. The van der Waals surface area contributed by atoms with E-state index in [0.29, 0.717) is 22.6 Å². The fourth-order valence-corrected chi connectivity index (χ4v) is 3.00. The van der Waals surface area contributed by atoms with Crippen molar-refractivity contribution >= 4 is 23.2 Å². The molecule has 0 aliphatic rings. The molecular weight excluding hydrogens is 354 g/mol. The summed E-state index contributed by atoms with van der Waals surface area (Å²) in [5, 5.41) is 16.7. The predicted molar refractivity (Wildman–Crippen MR) is 97.1 cm³/mol. The number of aliphatic hydroxyl groups excluding tert-OH is 1. The van der Waals surface area contributed by atoms with Gasteiger partial charge in [0.25, 0.3) is 5.91 Å². The average Bonchev–Trinajstić information content (AvgIpc) is 3.36. The van der Waals surface area contributed by atoms with Gasteiger partial charge < -0.3 is 19.6 Å². The Labute approximate surface area is 154 Å². The Morgan fingerprint density at radius 1 is 1.15 bits per heavy atom. The molecule has 1 aromatic carbocycles. The number of nitrogens with one attached hydrogen (secondary N) is 1. The molecule has 0 radical (unpaired) electrons. The van der Waals surface area contributed by atoms with Gasteiger partial charge in [-0.15, -0.1) is 0 Å². The van der Waals surface area contributed by atoms with Crippen LogP contribution in [0.2, 0.25) is 0 Å². The molecule has 0 fully saturated rings.